The van der Waals surface area contributed by atoms with Gasteiger partial charge in [0, 0.05) is 44.8 Å². The van der Waals surface area contributed by atoms with Crippen LogP contribution in [0.3, 0.4) is 0 Å². The highest BCUT2D eigenvalue weighted by molar-refractivity contribution is 7.89. The van der Waals surface area contributed by atoms with Crippen LogP contribution < -0.4 is 4.72 Å². The average molecular weight is 441 g/mol. The van der Waals surface area contributed by atoms with E-state index in [-0.39, 0.29) is 10.8 Å². The van der Waals surface area contributed by atoms with Crippen molar-refractivity contribution >= 4 is 15.9 Å². The molecule has 8 heteroatoms. The number of amides is 1. The number of carbonyl (C=O) groups excluding carboxylic acids is 1. The van der Waals surface area contributed by atoms with E-state index in [0.29, 0.717) is 30.8 Å². The summed E-state index contributed by atoms with van der Waals surface area (Å²) in [6.07, 6.45) is 0.844. The monoisotopic (exact) mass is 440 g/mol. The standard InChI is InChI=1S/C23H28N4O3S/c1-3-25-31(29,30)21-10-5-18(2)22(15-21)23(28)27-12-4-11-26(13-14-27)17-20-8-6-19(16-24)7-9-20/h5-10,15,25H,3-4,11-14,17H2,1-2H3. The minimum Gasteiger partial charge on any atom is -0.337 e. The van der Waals surface area contributed by atoms with Gasteiger partial charge in [-0.2, -0.15) is 5.26 Å². The Kier molecular flexibility index (Phi) is 7.44. The first kappa shape index (κ1) is 22.9. The Bertz CT molecular complexity index is 1070. The summed E-state index contributed by atoms with van der Waals surface area (Å²) < 4.78 is 27.2. The molecule has 0 aromatic heterocycles. The van der Waals surface area contributed by atoms with Crippen LogP contribution in [-0.2, 0) is 16.6 Å². The molecule has 1 amide bonds. The Morgan fingerprint density at radius 3 is 2.52 bits per heavy atom. The molecule has 1 saturated heterocycles. The van der Waals surface area contributed by atoms with Gasteiger partial charge in [-0.1, -0.05) is 25.1 Å². The van der Waals surface area contributed by atoms with Crippen LogP contribution >= 0.6 is 0 Å². The van der Waals surface area contributed by atoms with Crippen LogP contribution in [0.5, 0.6) is 0 Å². The minimum absolute atomic E-state index is 0.112. The summed E-state index contributed by atoms with van der Waals surface area (Å²) in [5, 5.41) is 8.94. The lowest BCUT2D eigenvalue weighted by Gasteiger charge is -2.23. The molecule has 1 heterocycles. The smallest absolute Gasteiger partial charge is 0.254 e. The van der Waals surface area contributed by atoms with E-state index in [4.69, 9.17) is 5.26 Å². The third-order valence-corrected chi connectivity index (χ3v) is 6.99. The van der Waals surface area contributed by atoms with Crippen molar-refractivity contribution in [1.29, 1.82) is 5.26 Å². The van der Waals surface area contributed by atoms with Crippen LogP contribution in [0, 0.1) is 18.3 Å². The lowest BCUT2D eigenvalue weighted by molar-refractivity contribution is 0.0760. The molecule has 3 rings (SSSR count). The van der Waals surface area contributed by atoms with E-state index in [0.717, 1.165) is 37.2 Å². The van der Waals surface area contributed by atoms with Crippen molar-refractivity contribution in [2.75, 3.05) is 32.7 Å². The number of nitrogens with one attached hydrogen (secondary N) is 1. The van der Waals surface area contributed by atoms with Crippen molar-refractivity contribution < 1.29 is 13.2 Å². The lowest BCUT2D eigenvalue weighted by atomic mass is 10.1. The fourth-order valence-electron chi connectivity index (χ4n) is 3.72. The number of nitriles is 1. The quantitative estimate of drug-likeness (QED) is 0.745. The molecule has 1 fully saturated rings. The van der Waals surface area contributed by atoms with Crippen LogP contribution in [0.4, 0.5) is 0 Å². The Hall–Kier alpha value is -2.73. The van der Waals surface area contributed by atoms with E-state index in [1.54, 1.807) is 13.0 Å². The van der Waals surface area contributed by atoms with Gasteiger partial charge in [0.25, 0.3) is 5.91 Å². The van der Waals surface area contributed by atoms with Crippen molar-refractivity contribution in [3.63, 3.8) is 0 Å². The van der Waals surface area contributed by atoms with Crippen molar-refractivity contribution in [3.05, 3.63) is 64.7 Å². The third-order valence-electron chi connectivity index (χ3n) is 5.45. The van der Waals surface area contributed by atoms with Crippen molar-refractivity contribution in [1.82, 2.24) is 14.5 Å². The SMILES string of the molecule is CCNS(=O)(=O)c1ccc(C)c(C(=O)N2CCCN(Cc3ccc(C#N)cc3)CC2)c1. The molecule has 0 unspecified atom stereocenters. The summed E-state index contributed by atoms with van der Waals surface area (Å²) in [7, 11) is -3.62. The van der Waals surface area contributed by atoms with Crippen LogP contribution in [0.2, 0.25) is 0 Å². The van der Waals surface area contributed by atoms with Gasteiger partial charge in [-0.15, -0.1) is 0 Å². The normalized spacial score (nSPS) is 15.3. The number of nitrogens with zero attached hydrogens (tertiary/aromatic N) is 3. The molecular weight excluding hydrogens is 412 g/mol. The first-order valence-electron chi connectivity index (χ1n) is 10.4. The zero-order chi connectivity index (χ0) is 22.4. The number of hydrogen-bond donors (Lipinski definition) is 1. The summed E-state index contributed by atoms with van der Waals surface area (Å²) in [6, 6.07) is 14.4. The van der Waals surface area contributed by atoms with Gasteiger partial charge in [0.05, 0.1) is 16.5 Å². The highest BCUT2D eigenvalue weighted by Gasteiger charge is 2.23. The fourth-order valence-corrected chi connectivity index (χ4v) is 4.78. The molecule has 0 aliphatic carbocycles. The Morgan fingerprint density at radius 2 is 1.84 bits per heavy atom. The van der Waals surface area contributed by atoms with E-state index in [9.17, 15) is 13.2 Å². The number of sulfonamides is 1. The Morgan fingerprint density at radius 1 is 1.10 bits per heavy atom. The molecule has 31 heavy (non-hydrogen) atoms. The number of benzene rings is 2. The second-order valence-electron chi connectivity index (χ2n) is 7.71. The third kappa shape index (κ3) is 5.70. The Labute approximate surface area is 184 Å². The molecule has 0 atom stereocenters. The maximum atomic E-state index is 13.2. The molecule has 0 bridgehead atoms. The molecule has 164 valence electrons. The van der Waals surface area contributed by atoms with Gasteiger partial charge < -0.3 is 4.90 Å². The van der Waals surface area contributed by atoms with E-state index in [2.05, 4.69) is 15.7 Å². The summed E-state index contributed by atoms with van der Waals surface area (Å²) in [4.78, 5) is 17.4. The largest absolute Gasteiger partial charge is 0.337 e. The van der Waals surface area contributed by atoms with Crippen LogP contribution in [0.1, 0.15) is 40.4 Å². The minimum atomic E-state index is -3.62. The van der Waals surface area contributed by atoms with Crippen LogP contribution in [0.25, 0.3) is 0 Å². The van der Waals surface area contributed by atoms with Crippen LogP contribution in [-0.4, -0.2) is 56.8 Å². The predicted molar refractivity (Wildman–Crippen MR) is 119 cm³/mol. The number of carbonyl (C=O) groups is 1. The van der Waals surface area contributed by atoms with Gasteiger partial charge in [0.15, 0.2) is 0 Å². The second kappa shape index (κ2) is 10.1. The van der Waals surface area contributed by atoms with Gasteiger partial charge >= 0.3 is 0 Å². The molecule has 0 radical (unpaired) electrons. The van der Waals surface area contributed by atoms with Gasteiger partial charge in [-0.05, 0) is 48.7 Å². The highest BCUT2D eigenvalue weighted by Crippen LogP contribution is 2.19. The van der Waals surface area contributed by atoms with Crippen LogP contribution in [0.15, 0.2) is 47.4 Å². The molecule has 0 saturated carbocycles. The molecule has 7 nitrogen and oxygen atoms in total. The summed E-state index contributed by atoms with van der Waals surface area (Å²) in [5.41, 5.74) is 2.97. The maximum Gasteiger partial charge on any atom is 0.254 e. The molecule has 1 aliphatic heterocycles. The highest BCUT2D eigenvalue weighted by atomic mass is 32.2. The maximum absolute atomic E-state index is 13.2. The number of rotatable bonds is 6. The average Bonchev–Trinajstić information content (AvgIpc) is 2.99. The molecule has 1 N–H and O–H groups in total. The molecule has 2 aromatic rings. The molecule has 0 spiro atoms. The first-order valence-corrected chi connectivity index (χ1v) is 11.9. The van der Waals surface area contributed by atoms with E-state index < -0.39 is 10.0 Å². The van der Waals surface area contributed by atoms with E-state index in [1.165, 1.54) is 12.1 Å². The number of aryl methyl sites for hydroxylation is 1. The molecular formula is C23H28N4O3S. The first-order chi connectivity index (χ1) is 14.8. The van der Waals surface area contributed by atoms with E-state index >= 15 is 0 Å². The Balaban J connectivity index is 1.70. The summed E-state index contributed by atoms with van der Waals surface area (Å²) in [5.74, 6) is -0.133. The van der Waals surface area contributed by atoms with Crippen molar-refractivity contribution in [2.24, 2.45) is 0 Å². The summed E-state index contributed by atoms with van der Waals surface area (Å²) in [6.45, 7) is 7.43. The molecule has 1 aliphatic rings. The summed E-state index contributed by atoms with van der Waals surface area (Å²) >= 11 is 0. The zero-order valence-electron chi connectivity index (χ0n) is 18.0. The fraction of sp³-hybridized carbons (Fsp3) is 0.391. The van der Waals surface area contributed by atoms with Gasteiger partial charge in [-0.25, -0.2) is 13.1 Å². The lowest BCUT2D eigenvalue weighted by Crippen LogP contribution is -2.35. The molecule has 2 aromatic carbocycles. The topological polar surface area (TPSA) is 93.5 Å². The predicted octanol–water partition coefficient (Wildman–Crippen LogP) is 2.51. The van der Waals surface area contributed by atoms with Gasteiger partial charge in [-0.3, -0.25) is 9.69 Å². The zero-order valence-corrected chi connectivity index (χ0v) is 18.8. The number of hydrogen-bond acceptors (Lipinski definition) is 5. The van der Waals surface area contributed by atoms with Crippen molar-refractivity contribution in [3.8, 4) is 6.07 Å². The van der Waals surface area contributed by atoms with E-state index in [1.807, 2.05) is 36.1 Å². The van der Waals surface area contributed by atoms with Gasteiger partial charge in [0.1, 0.15) is 0 Å². The van der Waals surface area contributed by atoms with Gasteiger partial charge in [0.2, 0.25) is 10.0 Å². The van der Waals surface area contributed by atoms with Crippen molar-refractivity contribution in [2.45, 2.75) is 31.7 Å². The second-order valence-corrected chi connectivity index (χ2v) is 9.48.